The second kappa shape index (κ2) is 7.10. The first-order chi connectivity index (χ1) is 11.1. The van der Waals surface area contributed by atoms with Crippen LogP contribution in [0.5, 0.6) is 0 Å². The van der Waals surface area contributed by atoms with Crippen LogP contribution in [0.15, 0.2) is 6.07 Å². The summed E-state index contributed by atoms with van der Waals surface area (Å²) in [6.45, 7) is 4.75. The Bertz CT molecular complexity index is 567. The number of nitrogens with one attached hydrogen (secondary N) is 1. The van der Waals surface area contributed by atoms with Crippen LogP contribution in [0.4, 0.5) is 0 Å². The van der Waals surface area contributed by atoms with Gasteiger partial charge in [-0.3, -0.25) is 19.6 Å². The van der Waals surface area contributed by atoms with E-state index in [0.29, 0.717) is 32.8 Å². The lowest BCUT2D eigenvalue weighted by Gasteiger charge is -2.34. The number of amides is 2. The van der Waals surface area contributed by atoms with Gasteiger partial charge in [-0.15, -0.1) is 0 Å². The Morgan fingerprint density at radius 2 is 2.13 bits per heavy atom. The van der Waals surface area contributed by atoms with Gasteiger partial charge < -0.3 is 15.4 Å². The lowest BCUT2D eigenvalue weighted by atomic mass is 9.94. The van der Waals surface area contributed by atoms with Crippen LogP contribution in [0.2, 0.25) is 0 Å². The Morgan fingerprint density at radius 3 is 2.83 bits per heavy atom. The molecule has 2 aliphatic rings. The third-order valence-corrected chi connectivity index (χ3v) is 4.52. The predicted octanol–water partition coefficient (Wildman–Crippen LogP) is -0.453. The zero-order valence-corrected chi connectivity index (χ0v) is 13.2. The van der Waals surface area contributed by atoms with Crippen molar-refractivity contribution in [2.45, 2.75) is 18.8 Å². The molecule has 0 spiro atoms. The lowest BCUT2D eigenvalue weighted by molar-refractivity contribution is -0.136. The fraction of sp³-hybridized carbons (Fsp3) is 0.667. The fourth-order valence-corrected chi connectivity index (χ4v) is 3.23. The number of primary amides is 1. The van der Waals surface area contributed by atoms with Crippen LogP contribution < -0.4 is 5.73 Å². The first kappa shape index (κ1) is 15.9. The molecule has 3 heterocycles. The van der Waals surface area contributed by atoms with E-state index in [9.17, 15) is 9.59 Å². The van der Waals surface area contributed by atoms with Gasteiger partial charge in [-0.25, -0.2) is 0 Å². The first-order valence-electron chi connectivity index (χ1n) is 8.06. The van der Waals surface area contributed by atoms with Crippen LogP contribution in [-0.2, 0) is 9.53 Å². The first-order valence-corrected chi connectivity index (χ1v) is 8.06. The summed E-state index contributed by atoms with van der Waals surface area (Å²) >= 11 is 0. The Hall–Kier alpha value is -1.93. The van der Waals surface area contributed by atoms with E-state index in [-0.39, 0.29) is 17.5 Å². The van der Waals surface area contributed by atoms with E-state index in [4.69, 9.17) is 10.5 Å². The molecule has 0 saturated carbocycles. The normalized spacial score (nSPS) is 23.0. The van der Waals surface area contributed by atoms with Crippen LogP contribution in [0.25, 0.3) is 0 Å². The summed E-state index contributed by atoms with van der Waals surface area (Å²) in [5, 5.41) is 6.85. The number of aromatic amines is 1. The van der Waals surface area contributed by atoms with Gasteiger partial charge in [-0.2, -0.15) is 5.10 Å². The molecule has 1 aromatic heterocycles. The van der Waals surface area contributed by atoms with Crippen molar-refractivity contribution in [3.63, 3.8) is 0 Å². The van der Waals surface area contributed by atoms with E-state index in [2.05, 4.69) is 15.1 Å². The van der Waals surface area contributed by atoms with Gasteiger partial charge in [-0.05, 0) is 25.5 Å². The van der Waals surface area contributed by atoms with E-state index in [1.54, 1.807) is 6.07 Å². The van der Waals surface area contributed by atoms with Gasteiger partial charge in [0.05, 0.1) is 19.8 Å². The molecule has 2 fully saturated rings. The van der Waals surface area contributed by atoms with Crippen molar-refractivity contribution in [3.05, 3.63) is 17.5 Å². The highest BCUT2D eigenvalue weighted by atomic mass is 16.5. The zero-order valence-electron chi connectivity index (χ0n) is 13.2. The molecule has 8 nitrogen and oxygen atoms in total. The number of morpholine rings is 1. The summed E-state index contributed by atoms with van der Waals surface area (Å²) in [5.74, 6) is -0.110. The minimum atomic E-state index is -0.525. The second-order valence-electron chi connectivity index (χ2n) is 6.14. The van der Waals surface area contributed by atoms with Gasteiger partial charge in [0.1, 0.15) is 5.69 Å². The van der Waals surface area contributed by atoms with Crippen molar-refractivity contribution in [1.82, 2.24) is 20.0 Å². The Kier molecular flexibility index (Phi) is 4.92. The smallest absolute Gasteiger partial charge is 0.269 e. The number of carbonyl (C=O) groups is 2. The van der Waals surface area contributed by atoms with Gasteiger partial charge in [-0.1, -0.05) is 0 Å². The number of rotatable bonds is 4. The molecule has 3 rings (SSSR count). The molecule has 0 aliphatic carbocycles. The minimum Gasteiger partial charge on any atom is -0.378 e. The monoisotopic (exact) mass is 321 g/mol. The largest absolute Gasteiger partial charge is 0.378 e. The molecule has 23 heavy (non-hydrogen) atoms. The van der Waals surface area contributed by atoms with Gasteiger partial charge in [0.2, 0.25) is 5.91 Å². The number of H-pyrrole nitrogens is 1. The summed E-state index contributed by atoms with van der Waals surface area (Å²) in [6, 6.07) is 1.72. The molecular formula is C15H23N5O3. The quantitative estimate of drug-likeness (QED) is 0.781. The van der Waals surface area contributed by atoms with Crippen molar-refractivity contribution in [2.24, 2.45) is 5.73 Å². The molecule has 2 aliphatic heterocycles. The number of ether oxygens (including phenoxy) is 1. The highest BCUT2D eigenvalue weighted by molar-refractivity contribution is 5.90. The third-order valence-electron chi connectivity index (χ3n) is 4.52. The van der Waals surface area contributed by atoms with Crippen molar-refractivity contribution in [3.8, 4) is 0 Å². The number of nitrogens with two attached hydrogens (primary N) is 1. The van der Waals surface area contributed by atoms with Gasteiger partial charge >= 0.3 is 0 Å². The molecule has 126 valence electrons. The average molecular weight is 321 g/mol. The van der Waals surface area contributed by atoms with Gasteiger partial charge in [0, 0.05) is 31.2 Å². The number of hydrogen-bond donors (Lipinski definition) is 2. The second-order valence-corrected chi connectivity index (χ2v) is 6.14. The third kappa shape index (κ3) is 3.89. The van der Waals surface area contributed by atoms with Gasteiger partial charge in [0.25, 0.3) is 5.91 Å². The maximum Gasteiger partial charge on any atom is 0.269 e. The fourth-order valence-electron chi connectivity index (χ4n) is 3.23. The van der Waals surface area contributed by atoms with E-state index in [0.717, 1.165) is 31.6 Å². The molecule has 0 unspecified atom stereocenters. The van der Waals surface area contributed by atoms with Crippen molar-refractivity contribution in [2.75, 3.05) is 45.9 Å². The molecule has 1 aromatic rings. The molecule has 1 atom stereocenters. The molecule has 0 radical (unpaired) electrons. The molecule has 8 heteroatoms. The SMILES string of the molecule is NC(=O)c1cc([C@@H]2CCCN(CC(=O)N3CCOCC3)C2)[nH]n1. The van der Waals surface area contributed by atoms with Crippen LogP contribution in [-0.4, -0.2) is 77.7 Å². The van der Waals surface area contributed by atoms with Crippen molar-refractivity contribution >= 4 is 11.8 Å². The summed E-state index contributed by atoms with van der Waals surface area (Å²) in [7, 11) is 0. The number of piperidine rings is 1. The Balaban J connectivity index is 1.57. The summed E-state index contributed by atoms with van der Waals surface area (Å²) in [5.41, 5.74) is 6.42. The average Bonchev–Trinajstić information content (AvgIpc) is 3.06. The highest BCUT2D eigenvalue weighted by Crippen LogP contribution is 2.25. The number of hydrogen-bond acceptors (Lipinski definition) is 5. The van der Waals surface area contributed by atoms with E-state index in [1.165, 1.54) is 0 Å². The molecular weight excluding hydrogens is 298 g/mol. The number of aromatic nitrogens is 2. The maximum absolute atomic E-state index is 12.4. The Morgan fingerprint density at radius 1 is 1.35 bits per heavy atom. The topological polar surface area (TPSA) is 105 Å². The van der Waals surface area contributed by atoms with Gasteiger partial charge in [0.15, 0.2) is 0 Å². The maximum atomic E-state index is 12.4. The van der Waals surface area contributed by atoms with Crippen molar-refractivity contribution < 1.29 is 14.3 Å². The van der Waals surface area contributed by atoms with Crippen molar-refractivity contribution in [1.29, 1.82) is 0 Å². The van der Waals surface area contributed by atoms with Crippen LogP contribution in [0.1, 0.15) is 34.9 Å². The van der Waals surface area contributed by atoms with Crippen LogP contribution in [0, 0.1) is 0 Å². The lowest BCUT2D eigenvalue weighted by Crippen LogP contribution is -2.47. The molecule has 3 N–H and O–H groups in total. The molecule has 2 saturated heterocycles. The van der Waals surface area contributed by atoms with E-state index in [1.807, 2.05) is 4.90 Å². The summed E-state index contributed by atoms with van der Waals surface area (Å²) in [6.07, 6.45) is 2.04. The molecule has 0 aromatic carbocycles. The highest BCUT2D eigenvalue weighted by Gasteiger charge is 2.26. The number of nitrogens with zero attached hydrogens (tertiary/aromatic N) is 3. The zero-order chi connectivity index (χ0) is 16.2. The van der Waals surface area contributed by atoms with E-state index < -0.39 is 5.91 Å². The summed E-state index contributed by atoms with van der Waals surface area (Å²) in [4.78, 5) is 27.5. The minimum absolute atomic E-state index is 0.163. The van der Waals surface area contributed by atoms with E-state index >= 15 is 0 Å². The molecule has 0 bridgehead atoms. The van der Waals surface area contributed by atoms with Crippen LogP contribution >= 0.6 is 0 Å². The predicted molar refractivity (Wildman–Crippen MR) is 82.9 cm³/mol. The van der Waals surface area contributed by atoms with Crippen LogP contribution in [0.3, 0.4) is 0 Å². The number of likely N-dealkylation sites (tertiary alicyclic amines) is 1. The number of carbonyl (C=O) groups excluding carboxylic acids is 2. The standard InChI is InChI=1S/C15H23N5O3/c16-15(22)13-8-12(17-18-13)11-2-1-3-19(9-11)10-14(21)20-4-6-23-7-5-20/h8,11H,1-7,9-10H2,(H2,16,22)(H,17,18)/t11-/m1/s1. The Labute approximate surface area is 134 Å². The summed E-state index contributed by atoms with van der Waals surface area (Å²) < 4.78 is 5.28. The molecule has 2 amide bonds.